The molecule has 2 heterocycles. The van der Waals surface area contributed by atoms with Gasteiger partial charge in [-0.25, -0.2) is 8.78 Å². The van der Waals surface area contributed by atoms with Gasteiger partial charge in [-0.3, -0.25) is 9.69 Å². The lowest BCUT2D eigenvalue weighted by Gasteiger charge is -2.40. The van der Waals surface area contributed by atoms with E-state index in [0.717, 1.165) is 51.5 Å². The number of piperazine rings is 1. The standard InChI is InChI=1S/C19H27F2N3O.ClH/c1-2-18(16-4-3-15(20)13-17(16)21)23-9-11-24(12-10-23)19(25)14-5-7-22-8-6-14;/h3-4,13-14,18,22H,2,5-12H2,1H3;1H. The van der Waals surface area contributed by atoms with Crippen LogP contribution in [0.4, 0.5) is 8.78 Å². The van der Waals surface area contributed by atoms with Crippen LogP contribution in [0.15, 0.2) is 18.2 Å². The van der Waals surface area contributed by atoms with E-state index in [9.17, 15) is 13.6 Å². The van der Waals surface area contributed by atoms with Crippen molar-refractivity contribution in [1.29, 1.82) is 0 Å². The molecule has 0 aromatic heterocycles. The molecule has 7 heteroatoms. The molecule has 0 spiro atoms. The molecule has 2 aliphatic heterocycles. The summed E-state index contributed by atoms with van der Waals surface area (Å²) in [5, 5.41) is 3.29. The van der Waals surface area contributed by atoms with E-state index in [-0.39, 0.29) is 30.3 Å². The molecular weight excluding hydrogens is 360 g/mol. The van der Waals surface area contributed by atoms with E-state index < -0.39 is 11.6 Å². The van der Waals surface area contributed by atoms with Gasteiger partial charge in [-0.2, -0.15) is 0 Å². The third-order valence-corrected chi connectivity index (χ3v) is 5.46. The highest BCUT2D eigenvalue weighted by Gasteiger charge is 2.31. The lowest BCUT2D eigenvalue weighted by Crippen LogP contribution is -2.52. The van der Waals surface area contributed by atoms with Gasteiger partial charge in [-0.05, 0) is 38.4 Å². The summed E-state index contributed by atoms with van der Waals surface area (Å²) in [5.74, 6) is -0.625. The normalized spacial score (nSPS) is 20.5. The monoisotopic (exact) mass is 387 g/mol. The van der Waals surface area contributed by atoms with E-state index in [1.807, 2.05) is 11.8 Å². The molecular formula is C19H28ClF2N3O. The second kappa shape index (κ2) is 9.62. The van der Waals surface area contributed by atoms with Gasteiger partial charge in [0, 0.05) is 49.8 Å². The van der Waals surface area contributed by atoms with Gasteiger partial charge in [0.2, 0.25) is 5.91 Å². The molecule has 146 valence electrons. The quantitative estimate of drug-likeness (QED) is 0.862. The average Bonchev–Trinajstić information content (AvgIpc) is 2.65. The molecule has 2 saturated heterocycles. The molecule has 1 amide bonds. The number of hydrogen-bond donors (Lipinski definition) is 1. The van der Waals surface area contributed by atoms with Crippen molar-refractivity contribution < 1.29 is 13.6 Å². The maximum absolute atomic E-state index is 14.2. The SMILES string of the molecule is CCC(c1ccc(F)cc1F)N1CCN(C(=O)C2CCNCC2)CC1.Cl. The summed E-state index contributed by atoms with van der Waals surface area (Å²) in [7, 11) is 0. The molecule has 1 N–H and O–H groups in total. The number of nitrogens with zero attached hydrogens (tertiary/aromatic N) is 2. The molecule has 0 bridgehead atoms. The van der Waals surface area contributed by atoms with Crippen molar-refractivity contribution in [1.82, 2.24) is 15.1 Å². The molecule has 1 atom stereocenters. The molecule has 1 aromatic carbocycles. The molecule has 3 rings (SSSR count). The zero-order valence-corrected chi connectivity index (χ0v) is 16.0. The van der Waals surface area contributed by atoms with Crippen LogP contribution in [-0.2, 0) is 4.79 Å². The van der Waals surface area contributed by atoms with Crippen LogP contribution < -0.4 is 5.32 Å². The van der Waals surface area contributed by atoms with Crippen LogP contribution >= 0.6 is 12.4 Å². The van der Waals surface area contributed by atoms with Crippen molar-refractivity contribution >= 4 is 18.3 Å². The van der Waals surface area contributed by atoms with E-state index in [1.165, 1.54) is 6.07 Å². The Labute approximate surface area is 160 Å². The number of hydrogen-bond acceptors (Lipinski definition) is 3. The maximum Gasteiger partial charge on any atom is 0.225 e. The second-order valence-corrected chi connectivity index (χ2v) is 6.98. The van der Waals surface area contributed by atoms with Gasteiger partial charge in [0.05, 0.1) is 0 Å². The highest BCUT2D eigenvalue weighted by Crippen LogP contribution is 2.28. The zero-order valence-electron chi connectivity index (χ0n) is 15.2. The topological polar surface area (TPSA) is 35.6 Å². The fourth-order valence-electron chi connectivity index (χ4n) is 4.03. The Hall–Kier alpha value is -1.24. The van der Waals surface area contributed by atoms with Gasteiger partial charge in [0.15, 0.2) is 0 Å². The first-order chi connectivity index (χ1) is 12.1. The van der Waals surface area contributed by atoms with Crippen LogP contribution in [-0.4, -0.2) is 55.0 Å². The van der Waals surface area contributed by atoms with Crippen molar-refractivity contribution in [3.05, 3.63) is 35.4 Å². The summed E-state index contributed by atoms with van der Waals surface area (Å²) < 4.78 is 27.3. The molecule has 0 saturated carbocycles. The second-order valence-electron chi connectivity index (χ2n) is 6.98. The van der Waals surface area contributed by atoms with Crippen molar-refractivity contribution in [2.75, 3.05) is 39.3 Å². The molecule has 2 fully saturated rings. The van der Waals surface area contributed by atoms with Crippen molar-refractivity contribution in [2.45, 2.75) is 32.2 Å². The van der Waals surface area contributed by atoms with Gasteiger partial charge in [-0.1, -0.05) is 13.0 Å². The Morgan fingerprint density at radius 3 is 2.42 bits per heavy atom. The average molecular weight is 388 g/mol. The molecule has 1 aromatic rings. The summed E-state index contributed by atoms with van der Waals surface area (Å²) in [6, 6.07) is 3.75. The molecule has 26 heavy (non-hydrogen) atoms. The van der Waals surface area contributed by atoms with Gasteiger partial charge in [-0.15, -0.1) is 12.4 Å². The smallest absolute Gasteiger partial charge is 0.225 e. The third kappa shape index (κ3) is 4.72. The highest BCUT2D eigenvalue weighted by atomic mass is 35.5. The Kier molecular flexibility index (Phi) is 7.80. The minimum Gasteiger partial charge on any atom is -0.340 e. The van der Waals surface area contributed by atoms with Gasteiger partial charge < -0.3 is 10.2 Å². The number of benzene rings is 1. The number of amides is 1. The van der Waals surface area contributed by atoms with Crippen LogP contribution in [0.5, 0.6) is 0 Å². The minimum absolute atomic E-state index is 0. The number of halogens is 3. The predicted molar refractivity (Wildman–Crippen MR) is 100 cm³/mol. The number of rotatable bonds is 4. The molecule has 0 radical (unpaired) electrons. The first kappa shape index (κ1) is 21.1. The Balaban J connectivity index is 0.00000243. The summed E-state index contributed by atoms with van der Waals surface area (Å²) in [5.41, 5.74) is 0.544. The summed E-state index contributed by atoms with van der Waals surface area (Å²) in [4.78, 5) is 16.8. The van der Waals surface area contributed by atoms with Crippen LogP contribution in [0.3, 0.4) is 0 Å². The van der Waals surface area contributed by atoms with Crippen LogP contribution in [0.25, 0.3) is 0 Å². The van der Waals surface area contributed by atoms with Gasteiger partial charge >= 0.3 is 0 Å². The summed E-state index contributed by atoms with van der Waals surface area (Å²) >= 11 is 0. The van der Waals surface area contributed by atoms with E-state index in [4.69, 9.17) is 0 Å². The van der Waals surface area contributed by atoms with E-state index in [0.29, 0.717) is 18.7 Å². The molecule has 0 aliphatic carbocycles. The van der Waals surface area contributed by atoms with Crippen LogP contribution in [0, 0.1) is 17.6 Å². The number of carbonyl (C=O) groups is 1. The van der Waals surface area contributed by atoms with E-state index in [2.05, 4.69) is 10.2 Å². The lowest BCUT2D eigenvalue weighted by atomic mass is 9.96. The predicted octanol–water partition coefficient (Wildman–Crippen LogP) is 2.98. The Bertz CT molecular complexity index is 602. The van der Waals surface area contributed by atoms with Crippen molar-refractivity contribution in [3.8, 4) is 0 Å². The maximum atomic E-state index is 14.2. The number of carbonyl (C=O) groups excluding carboxylic acids is 1. The van der Waals surface area contributed by atoms with Gasteiger partial charge in [0.25, 0.3) is 0 Å². The molecule has 1 unspecified atom stereocenters. The third-order valence-electron chi connectivity index (χ3n) is 5.46. The zero-order chi connectivity index (χ0) is 17.8. The van der Waals surface area contributed by atoms with Crippen molar-refractivity contribution in [2.24, 2.45) is 5.92 Å². The highest BCUT2D eigenvalue weighted by molar-refractivity contribution is 5.85. The van der Waals surface area contributed by atoms with Crippen LogP contribution in [0.2, 0.25) is 0 Å². The lowest BCUT2D eigenvalue weighted by molar-refractivity contribution is -0.138. The van der Waals surface area contributed by atoms with Crippen molar-refractivity contribution in [3.63, 3.8) is 0 Å². The van der Waals surface area contributed by atoms with E-state index >= 15 is 0 Å². The van der Waals surface area contributed by atoms with Crippen LogP contribution in [0.1, 0.15) is 37.8 Å². The minimum atomic E-state index is -0.548. The fourth-order valence-corrected chi connectivity index (χ4v) is 4.03. The Morgan fingerprint density at radius 2 is 1.85 bits per heavy atom. The number of nitrogens with one attached hydrogen (secondary N) is 1. The Morgan fingerprint density at radius 1 is 1.19 bits per heavy atom. The van der Waals surface area contributed by atoms with E-state index in [1.54, 1.807) is 6.07 Å². The summed E-state index contributed by atoms with van der Waals surface area (Å²) in [6.07, 6.45) is 2.58. The largest absolute Gasteiger partial charge is 0.340 e. The molecule has 2 aliphatic rings. The van der Waals surface area contributed by atoms with Gasteiger partial charge in [0.1, 0.15) is 11.6 Å². The first-order valence-electron chi connectivity index (χ1n) is 9.28. The first-order valence-corrected chi connectivity index (χ1v) is 9.28. The summed E-state index contributed by atoms with van der Waals surface area (Å²) in [6.45, 7) is 6.67. The fraction of sp³-hybridized carbons (Fsp3) is 0.632. The number of piperidine rings is 1. The molecule has 4 nitrogen and oxygen atoms in total.